The third-order valence-corrected chi connectivity index (χ3v) is 7.88. The summed E-state index contributed by atoms with van der Waals surface area (Å²) in [6, 6.07) is 20.2. The number of nitrogens with one attached hydrogen (secondary N) is 1. The van der Waals surface area contributed by atoms with Gasteiger partial charge >= 0.3 is 0 Å². The van der Waals surface area contributed by atoms with Crippen LogP contribution in [-0.4, -0.2) is 59.7 Å². The monoisotopic (exact) mass is 570 g/mol. The standard InChI is InChI=1S/C33H39FN6O2/c1-22-18-35-14-15-40(22)23(2)27-16-30(33(34)36-19-27)31-17-32(38-24(3)37-31)39(20-25-6-10-28(41-4)11-7-25)21-26-8-12-29(42-5)13-9-26/h6-13,16-17,19,22-23,35H,14-15,18,20-21H2,1-5H3/t22-,23+/m0/s1. The van der Waals surface area contributed by atoms with Crippen molar-refractivity contribution in [2.24, 2.45) is 0 Å². The summed E-state index contributed by atoms with van der Waals surface area (Å²) < 4.78 is 26.0. The first-order valence-electron chi connectivity index (χ1n) is 14.3. The number of aryl methyl sites for hydroxylation is 1. The van der Waals surface area contributed by atoms with Gasteiger partial charge in [0, 0.05) is 57.1 Å². The van der Waals surface area contributed by atoms with Gasteiger partial charge in [-0.1, -0.05) is 24.3 Å². The Morgan fingerprint density at radius 1 is 0.976 bits per heavy atom. The highest BCUT2D eigenvalue weighted by atomic mass is 19.1. The minimum Gasteiger partial charge on any atom is -0.497 e. The van der Waals surface area contributed by atoms with Crippen molar-refractivity contribution in [2.75, 3.05) is 38.8 Å². The lowest BCUT2D eigenvalue weighted by atomic mass is 10.0. The molecule has 0 amide bonds. The number of piperazine rings is 1. The molecule has 1 N–H and O–H groups in total. The molecule has 2 aromatic heterocycles. The van der Waals surface area contributed by atoms with Crippen molar-refractivity contribution >= 4 is 5.82 Å². The lowest BCUT2D eigenvalue weighted by molar-refractivity contribution is 0.126. The number of hydrogen-bond acceptors (Lipinski definition) is 8. The zero-order valence-corrected chi connectivity index (χ0v) is 25.0. The van der Waals surface area contributed by atoms with E-state index in [0.29, 0.717) is 42.0 Å². The maximum atomic E-state index is 15.3. The highest BCUT2D eigenvalue weighted by Gasteiger charge is 2.25. The molecule has 5 rings (SSSR count). The number of pyridine rings is 1. The lowest BCUT2D eigenvalue weighted by Crippen LogP contribution is -2.50. The molecule has 0 bridgehead atoms. The van der Waals surface area contributed by atoms with Crippen molar-refractivity contribution in [3.63, 3.8) is 0 Å². The van der Waals surface area contributed by atoms with E-state index in [1.807, 2.05) is 67.6 Å². The van der Waals surface area contributed by atoms with Gasteiger partial charge in [0.15, 0.2) is 0 Å². The molecule has 2 aromatic carbocycles. The summed E-state index contributed by atoms with van der Waals surface area (Å²) in [7, 11) is 3.31. The van der Waals surface area contributed by atoms with Crippen molar-refractivity contribution < 1.29 is 13.9 Å². The lowest BCUT2D eigenvalue weighted by Gasteiger charge is -2.38. The van der Waals surface area contributed by atoms with E-state index in [4.69, 9.17) is 14.5 Å². The maximum Gasteiger partial charge on any atom is 0.222 e. The topological polar surface area (TPSA) is 75.6 Å². The zero-order chi connectivity index (χ0) is 29.6. The Morgan fingerprint density at radius 2 is 1.60 bits per heavy atom. The fourth-order valence-corrected chi connectivity index (χ4v) is 5.47. The van der Waals surface area contributed by atoms with Gasteiger partial charge in [-0.2, -0.15) is 4.39 Å². The summed E-state index contributed by atoms with van der Waals surface area (Å²) in [6.45, 7) is 10.2. The van der Waals surface area contributed by atoms with Crippen LogP contribution in [0.5, 0.6) is 11.5 Å². The molecule has 4 aromatic rings. The van der Waals surface area contributed by atoms with Gasteiger partial charge in [-0.3, -0.25) is 4.90 Å². The van der Waals surface area contributed by atoms with Crippen LogP contribution in [-0.2, 0) is 13.1 Å². The molecule has 1 fully saturated rings. The smallest absolute Gasteiger partial charge is 0.222 e. The molecule has 1 saturated heterocycles. The van der Waals surface area contributed by atoms with Crippen LogP contribution < -0.4 is 19.7 Å². The molecule has 42 heavy (non-hydrogen) atoms. The fraction of sp³-hybridized carbons (Fsp3) is 0.364. The molecule has 1 aliphatic heterocycles. The van der Waals surface area contributed by atoms with E-state index in [1.54, 1.807) is 20.4 Å². The quantitative estimate of drug-likeness (QED) is 0.248. The molecular formula is C33H39FN6O2. The number of benzene rings is 2. The Morgan fingerprint density at radius 3 is 2.17 bits per heavy atom. The number of halogens is 1. The first kappa shape index (κ1) is 29.4. The summed E-state index contributed by atoms with van der Waals surface area (Å²) >= 11 is 0. The molecule has 2 atom stereocenters. The molecule has 3 heterocycles. The Bertz CT molecular complexity index is 1430. The van der Waals surface area contributed by atoms with Gasteiger partial charge in [0.25, 0.3) is 0 Å². The summed E-state index contributed by atoms with van der Waals surface area (Å²) in [5.41, 5.74) is 4.04. The van der Waals surface area contributed by atoms with Crippen LogP contribution in [0.25, 0.3) is 11.3 Å². The second-order valence-electron chi connectivity index (χ2n) is 10.8. The zero-order valence-electron chi connectivity index (χ0n) is 25.0. The van der Waals surface area contributed by atoms with Gasteiger partial charge in [0.05, 0.1) is 25.5 Å². The normalized spacial score (nSPS) is 16.2. The Hall–Kier alpha value is -4.08. The molecule has 8 nitrogen and oxygen atoms in total. The third-order valence-electron chi connectivity index (χ3n) is 7.88. The Labute approximate surface area is 247 Å². The molecule has 1 aliphatic rings. The first-order valence-corrected chi connectivity index (χ1v) is 14.3. The largest absolute Gasteiger partial charge is 0.497 e. The number of rotatable bonds is 10. The second-order valence-corrected chi connectivity index (χ2v) is 10.8. The van der Waals surface area contributed by atoms with Crippen molar-refractivity contribution in [1.29, 1.82) is 0 Å². The van der Waals surface area contributed by atoms with E-state index in [-0.39, 0.29) is 6.04 Å². The van der Waals surface area contributed by atoms with Gasteiger partial charge in [-0.25, -0.2) is 15.0 Å². The number of aromatic nitrogens is 3. The highest BCUT2D eigenvalue weighted by molar-refractivity contribution is 5.64. The number of nitrogens with zero attached hydrogens (tertiary/aromatic N) is 5. The molecule has 220 valence electrons. The van der Waals surface area contributed by atoms with Crippen LogP contribution in [0, 0.1) is 12.9 Å². The van der Waals surface area contributed by atoms with Crippen LogP contribution in [0.15, 0.2) is 66.9 Å². The van der Waals surface area contributed by atoms with Gasteiger partial charge in [0.1, 0.15) is 23.1 Å². The average Bonchev–Trinajstić information content (AvgIpc) is 3.01. The Kier molecular flexibility index (Phi) is 9.29. The van der Waals surface area contributed by atoms with E-state index in [0.717, 1.165) is 47.8 Å². The summed E-state index contributed by atoms with van der Waals surface area (Å²) in [4.78, 5) is 18.2. The molecule has 0 spiro atoms. The molecule has 0 saturated carbocycles. The van der Waals surface area contributed by atoms with Crippen LogP contribution in [0.2, 0.25) is 0 Å². The summed E-state index contributed by atoms with van der Waals surface area (Å²) in [6.07, 6.45) is 1.65. The van der Waals surface area contributed by atoms with Gasteiger partial charge < -0.3 is 19.7 Å². The van der Waals surface area contributed by atoms with E-state index >= 15 is 4.39 Å². The third kappa shape index (κ3) is 6.86. The van der Waals surface area contributed by atoms with Crippen LogP contribution >= 0.6 is 0 Å². The van der Waals surface area contributed by atoms with E-state index in [2.05, 4.69) is 38.9 Å². The van der Waals surface area contributed by atoms with E-state index in [1.165, 1.54) is 0 Å². The summed E-state index contributed by atoms with van der Waals surface area (Å²) in [5, 5.41) is 3.43. The van der Waals surface area contributed by atoms with Crippen molar-refractivity contribution in [3.8, 4) is 22.8 Å². The number of ether oxygens (including phenoxy) is 2. The van der Waals surface area contributed by atoms with Crippen LogP contribution in [0.1, 0.15) is 42.4 Å². The minimum atomic E-state index is -0.541. The predicted octanol–water partition coefficient (Wildman–Crippen LogP) is 5.56. The van der Waals surface area contributed by atoms with Crippen molar-refractivity contribution in [2.45, 2.75) is 45.9 Å². The van der Waals surface area contributed by atoms with Gasteiger partial charge in [0.2, 0.25) is 5.95 Å². The van der Waals surface area contributed by atoms with Crippen molar-refractivity contribution in [1.82, 2.24) is 25.2 Å². The summed E-state index contributed by atoms with van der Waals surface area (Å²) in [5.74, 6) is 2.32. The molecule has 0 unspecified atom stereocenters. The van der Waals surface area contributed by atoms with Gasteiger partial charge in [-0.05, 0) is 67.8 Å². The number of hydrogen-bond donors (Lipinski definition) is 1. The molecule has 0 radical (unpaired) electrons. The van der Waals surface area contributed by atoms with Gasteiger partial charge in [-0.15, -0.1) is 0 Å². The number of methoxy groups -OCH3 is 2. The van der Waals surface area contributed by atoms with E-state index in [9.17, 15) is 0 Å². The van der Waals surface area contributed by atoms with Crippen LogP contribution in [0.4, 0.5) is 10.2 Å². The Balaban J connectivity index is 1.50. The highest BCUT2D eigenvalue weighted by Crippen LogP contribution is 2.30. The molecule has 0 aliphatic carbocycles. The maximum absolute atomic E-state index is 15.3. The average molecular weight is 571 g/mol. The van der Waals surface area contributed by atoms with E-state index < -0.39 is 5.95 Å². The fourth-order valence-electron chi connectivity index (χ4n) is 5.47. The van der Waals surface area contributed by atoms with Crippen molar-refractivity contribution in [3.05, 3.63) is 95.3 Å². The molecule has 9 heteroatoms. The first-order chi connectivity index (χ1) is 20.3. The SMILES string of the molecule is COc1ccc(CN(Cc2ccc(OC)cc2)c2cc(-c3cc([C@@H](C)N4CCNC[C@@H]4C)cnc3F)nc(C)n2)cc1. The predicted molar refractivity (Wildman–Crippen MR) is 163 cm³/mol. The second kappa shape index (κ2) is 13.3. The molecular weight excluding hydrogens is 531 g/mol. The minimum absolute atomic E-state index is 0.0954. The number of anilines is 1. The van der Waals surface area contributed by atoms with Crippen LogP contribution in [0.3, 0.4) is 0 Å².